The van der Waals surface area contributed by atoms with Gasteiger partial charge in [-0.2, -0.15) is 0 Å². The molecule has 0 heterocycles. The van der Waals surface area contributed by atoms with Gasteiger partial charge in [0.25, 0.3) is 0 Å². The second-order valence-corrected chi connectivity index (χ2v) is 19.8. The van der Waals surface area contributed by atoms with Crippen LogP contribution in [0.2, 0.25) is 0 Å². The standard InChI is InChI=1S/C57H110O6/c1-5-8-10-12-14-16-18-20-21-22-23-24-26-28-34-38-42-46-50-57(60)63-54(51-61-55(58)48-44-40-36-32-27-25-19-17-15-13-11-9-6-2)52-62-56(59)49-45-41-37-33-30-29-31-35-39-43-47-53(4)7-3/h53-54H,5-52H2,1-4H3/t53?,54-/m0/s1. The van der Waals surface area contributed by atoms with Gasteiger partial charge < -0.3 is 14.2 Å². The van der Waals surface area contributed by atoms with E-state index >= 15 is 0 Å². The largest absolute Gasteiger partial charge is 0.462 e. The Labute approximate surface area is 393 Å². The Hall–Kier alpha value is -1.59. The second-order valence-electron chi connectivity index (χ2n) is 19.8. The molecule has 0 aromatic heterocycles. The third-order valence-electron chi connectivity index (χ3n) is 13.4. The summed E-state index contributed by atoms with van der Waals surface area (Å²) in [5, 5.41) is 0. The molecule has 0 aliphatic rings. The lowest BCUT2D eigenvalue weighted by molar-refractivity contribution is -0.167. The molecule has 6 heteroatoms. The summed E-state index contributed by atoms with van der Waals surface area (Å²) >= 11 is 0. The molecule has 0 saturated carbocycles. The molecule has 0 rings (SSSR count). The highest BCUT2D eigenvalue weighted by atomic mass is 16.6. The molecule has 0 fully saturated rings. The average molecular weight is 892 g/mol. The fourth-order valence-electron chi connectivity index (χ4n) is 8.72. The third kappa shape index (κ3) is 49.7. The van der Waals surface area contributed by atoms with Crippen molar-refractivity contribution in [3.05, 3.63) is 0 Å². The van der Waals surface area contributed by atoms with E-state index < -0.39 is 6.10 Å². The summed E-state index contributed by atoms with van der Waals surface area (Å²) in [6.07, 6.45) is 55.1. The van der Waals surface area contributed by atoms with E-state index in [2.05, 4.69) is 27.7 Å². The molecular weight excluding hydrogens is 781 g/mol. The Balaban J connectivity index is 4.29. The quantitative estimate of drug-likeness (QED) is 0.0344. The van der Waals surface area contributed by atoms with Crippen molar-refractivity contribution >= 4 is 17.9 Å². The van der Waals surface area contributed by atoms with Crippen molar-refractivity contribution in [2.24, 2.45) is 5.92 Å². The first kappa shape index (κ1) is 61.4. The number of carbonyl (C=O) groups is 3. The van der Waals surface area contributed by atoms with Crippen LogP contribution in [0.1, 0.15) is 323 Å². The molecule has 0 N–H and O–H groups in total. The van der Waals surface area contributed by atoms with Crippen molar-refractivity contribution in [2.75, 3.05) is 13.2 Å². The van der Waals surface area contributed by atoms with Crippen LogP contribution in [0.4, 0.5) is 0 Å². The molecule has 0 aromatic rings. The molecule has 63 heavy (non-hydrogen) atoms. The maximum atomic E-state index is 12.8. The second kappa shape index (κ2) is 51.4. The maximum Gasteiger partial charge on any atom is 0.306 e. The lowest BCUT2D eigenvalue weighted by atomic mass is 9.99. The molecule has 0 amide bonds. The predicted molar refractivity (Wildman–Crippen MR) is 270 cm³/mol. The Bertz CT molecular complexity index is 951. The van der Waals surface area contributed by atoms with E-state index in [-0.39, 0.29) is 31.1 Å². The minimum atomic E-state index is -0.761. The minimum absolute atomic E-state index is 0.0622. The van der Waals surface area contributed by atoms with Gasteiger partial charge in [0.05, 0.1) is 0 Å². The molecule has 0 aliphatic heterocycles. The lowest BCUT2D eigenvalue weighted by Gasteiger charge is -2.18. The average Bonchev–Trinajstić information content (AvgIpc) is 3.28. The predicted octanol–water partition coefficient (Wildman–Crippen LogP) is 18.6. The zero-order valence-corrected chi connectivity index (χ0v) is 43.0. The van der Waals surface area contributed by atoms with Gasteiger partial charge in [0.15, 0.2) is 6.10 Å². The molecule has 0 aliphatic carbocycles. The van der Waals surface area contributed by atoms with Crippen molar-refractivity contribution in [3.8, 4) is 0 Å². The van der Waals surface area contributed by atoms with Crippen molar-refractivity contribution in [1.82, 2.24) is 0 Å². The number of carbonyl (C=O) groups excluding carboxylic acids is 3. The van der Waals surface area contributed by atoms with Gasteiger partial charge in [0, 0.05) is 19.3 Å². The summed E-state index contributed by atoms with van der Waals surface area (Å²) in [6, 6.07) is 0. The van der Waals surface area contributed by atoms with Crippen molar-refractivity contribution in [2.45, 2.75) is 329 Å². The van der Waals surface area contributed by atoms with E-state index in [9.17, 15) is 14.4 Å². The Morgan fingerprint density at radius 2 is 0.556 bits per heavy atom. The van der Waals surface area contributed by atoms with Crippen LogP contribution in [0, 0.1) is 5.92 Å². The first-order chi connectivity index (χ1) is 30.9. The highest BCUT2D eigenvalue weighted by molar-refractivity contribution is 5.71. The Kier molecular flexibility index (Phi) is 50.1. The van der Waals surface area contributed by atoms with E-state index in [1.807, 2.05) is 0 Å². The van der Waals surface area contributed by atoms with Gasteiger partial charge in [0.2, 0.25) is 0 Å². The van der Waals surface area contributed by atoms with Crippen LogP contribution in [0.5, 0.6) is 0 Å². The smallest absolute Gasteiger partial charge is 0.306 e. The van der Waals surface area contributed by atoms with Crippen molar-refractivity contribution in [3.63, 3.8) is 0 Å². The molecule has 0 bridgehead atoms. The van der Waals surface area contributed by atoms with E-state index in [0.29, 0.717) is 19.3 Å². The van der Waals surface area contributed by atoms with Crippen LogP contribution in [0.3, 0.4) is 0 Å². The van der Waals surface area contributed by atoms with Gasteiger partial charge in [-0.3, -0.25) is 14.4 Å². The zero-order valence-electron chi connectivity index (χ0n) is 43.0. The van der Waals surface area contributed by atoms with Gasteiger partial charge >= 0.3 is 17.9 Å². The third-order valence-corrected chi connectivity index (χ3v) is 13.4. The van der Waals surface area contributed by atoms with Crippen LogP contribution >= 0.6 is 0 Å². The summed E-state index contributed by atoms with van der Waals surface area (Å²) in [6.45, 7) is 9.07. The zero-order chi connectivity index (χ0) is 45.9. The van der Waals surface area contributed by atoms with Gasteiger partial charge in [0.1, 0.15) is 13.2 Å². The highest BCUT2D eigenvalue weighted by Gasteiger charge is 2.19. The normalized spacial score (nSPS) is 12.4. The molecular formula is C57H110O6. The fourth-order valence-corrected chi connectivity index (χ4v) is 8.72. The number of hydrogen-bond donors (Lipinski definition) is 0. The highest BCUT2D eigenvalue weighted by Crippen LogP contribution is 2.18. The molecule has 0 spiro atoms. The van der Waals surface area contributed by atoms with Crippen LogP contribution in [-0.4, -0.2) is 37.2 Å². The summed E-state index contributed by atoms with van der Waals surface area (Å²) in [5.41, 5.74) is 0. The minimum Gasteiger partial charge on any atom is -0.462 e. The number of rotatable bonds is 52. The molecule has 6 nitrogen and oxygen atoms in total. The van der Waals surface area contributed by atoms with Gasteiger partial charge in [-0.15, -0.1) is 0 Å². The summed E-state index contributed by atoms with van der Waals surface area (Å²) in [7, 11) is 0. The molecule has 1 unspecified atom stereocenters. The SMILES string of the molecule is CCCCCCCCCCCCCCCCCCCCC(=O)O[C@@H](COC(=O)CCCCCCCCCCCCCCC)COC(=O)CCCCCCCCCCCCC(C)CC. The van der Waals surface area contributed by atoms with Crippen LogP contribution in [-0.2, 0) is 28.6 Å². The van der Waals surface area contributed by atoms with E-state index in [4.69, 9.17) is 14.2 Å². The Morgan fingerprint density at radius 1 is 0.317 bits per heavy atom. The lowest BCUT2D eigenvalue weighted by Crippen LogP contribution is -2.30. The Morgan fingerprint density at radius 3 is 0.825 bits per heavy atom. The molecule has 2 atom stereocenters. The van der Waals surface area contributed by atoms with Gasteiger partial charge in [-0.05, 0) is 25.2 Å². The van der Waals surface area contributed by atoms with Crippen molar-refractivity contribution in [1.29, 1.82) is 0 Å². The summed E-state index contributed by atoms with van der Waals surface area (Å²) in [4.78, 5) is 38.1. The van der Waals surface area contributed by atoms with Crippen molar-refractivity contribution < 1.29 is 28.6 Å². The molecule has 0 radical (unpaired) electrons. The molecule has 374 valence electrons. The topological polar surface area (TPSA) is 78.9 Å². The van der Waals surface area contributed by atoms with Gasteiger partial charge in [-0.25, -0.2) is 0 Å². The number of ether oxygens (including phenoxy) is 3. The van der Waals surface area contributed by atoms with Crippen LogP contribution < -0.4 is 0 Å². The van der Waals surface area contributed by atoms with E-state index in [1.165, 1.54) is 218 Å². The number of unbranched alkanes of at least 4 members (excludes halogenated alkanes) is 38. The van der Waals surface area contributed by atoms with Gasteiger partial charge in [-0.1, -0.05) is 285 Å². The summed E-state index contributed by atoms with van der Waals surface area (Å²) < 4.78 is 16.9. The number of esters is 3. The summed E-state index contributed by atoms with van der Waals surface area (Å²) in [5.74, 6) is 0.0320. The van der Waals surface area contributed by atoms with E-state index in [0.717, 1.165) is 63.7 Å². The maximum absolute atomic E-state index is 12.8. The number of hydrogen-bond acceptors (Lipinski definition) is 6. The monoisotopic (exact) mass is 891 g/mol. The van der Waals surface area contributed by atoms with Crippen LogP contribution in [0.15, 0.2) is 0 Å². The van der Waals surface area contributed by atoms with E-state index in [1.54, 1.807) is 0 Å². The molecule has 0 saturated heterocycles. The van der Waals surface area contributed by atoms with Crippen LogP contribution in [0.25, 0.3) is 0 Å². The first-order valence-corrected chi connectivity index (χ1v) is 28.4. The first-order valence-electron chi connectivity index (χ1n) is 28.4. The fraction of sp³-hybridized carbons (Fsp3) is 0.947. The molecule has 0 aromatic carbocycles.